The molecule has 33 heavy (non-hydrogen) atoms. The number of phenols is 1. The van der Waals surface area contributed by atoms with Crippen LogP contribution >= 0.6 is 0 Å². The van der Waals surface area contributed by atoms with Crippen LogP contribution in [0, 0.1) is 27.9 Å². The molecule has 1 heterocycles. The van der Waals surface area contributed by atoms with Gasteiger partial charge >= 0.3 is 5.69 Å². The number of nitrogens with zero attached hydrogens (tertiary/aromatic N) is 2. The fourth-order valence-corrected chi connectivity index (χ4v) is 5.88. The molecule has 2 saturated carbocycles. The van der Waals surface area contributed by atoms with Gasteiger partial charge < -0.3 is 15.5 Å². The van der Waals surface area contributed by atoms with Crippen molar-refractivity contribution in [2.45, 2.75) is 43.9 Å². The number of nitrogens with one attached hydrogen (secondary N) is 1. The number of nitro groups is 1. The van der Waals surface area contributed by atoms with Gasteiger partial charge in [0.15, 0.2) is 11.4 Å². The molecule has 2 aromatic carbocycles. The van der Waals surface area contributed by atoms with Gasteiger partial charge in [0, 0.05) is 37.7 Å². The molecule has 3 N–H and O–H groups in total. The minimum Gasteiger partial charge on any atom is -0.502 e. The van der Waals surface area contributed by atoms with Crippen molar-refractivity contribution in [3.63, 3.8) is 0 Å². The molecule has 2 unspecified atom stereocenters. The van der Waals surface area contributed by atoms with E-state index in [9.17, 15) is 25.1 Å². The van der Waals surface area contributed by atoms with E-state index in [0.717, 1.165) is 44.3 Å². The minimum absolute atomic E-state index is 0.0551. The molecule has 174 valence electrons. The Hall–Kier alpha value is -2.97. The molecule has 4 atom stereocenters. The van der Waals surface area contributed by atoms with Crippen molar-refractivity contribution in [2.75, 3.05) is 13.1 Å². The van der Waals surface area contributed by atoms with Gasteiger partial charge in [0.1, 0.15) is 0 Å². The maximum atomic E-state index is 13.4. The van der Waals surface area contributed by atoms with E-state index in [0.29, 0.717) is 23.9 Å². The molecule has 0 spiro atoms. The molecule has 0 aromatic heterocycles. The maximum absolute atomic E-state index is 13.4. The van der Waals surface area contributed by atoms with Gasteiger partial charge in [0.05, 0.1) is 4.92 Å². The number of carbonyl (C=O) groups is 1. The van der Waals surface area contributed by atoms with Crippen LogP contribution in [0.15, 0.2) is 48.5 Å². The van der Waals surface area contributed by atoms with Crippen molar-refractivity contribution in [2.24, 2.45) is 17.8 Å². The highest BCUT2D eigenvalue weighted by Gasteiger charge is 2.58. The zero-order valence-corrected chi connectivity index (χ0v) is 18.4. The molecule has 2 aliphatic carbocycles. The van der Waals surface area contributed by atoms with Crippen LogP contribution in [0.5, 0.6) is 5.75 Å². The van der Waals surface area contributed by atoms with E-state index in [1.54, 1.807) is 6.07 Å². The molecule has 8 heteroatoms. The lowest BCUT2D eigenvalue weighted by Crippen LogP contribution is -2.50. The third kappa shape index (κ3) is 3.98. The zero-order valence-electron chi connectivity index (χ0n) is 18.4. The number of fused-ring (bicyclic) bond motifs is 1. The third-order valence-corrected chi connectivity index (χ3v) is 7.72. The Kier molecular flexibility index (Phi) is 5.58. The van der Waals surface area contributed by atoms with Crippen LogP contribution in [0.1, 0.15) is 36.8 Å². The summed E-state index contributed by atoms with van der Waals surface area (Å²) < 4.78 is 0. The van der Waals surface area contributed by atoms with Crippen molar-refractivity contribution in [1.82, 2.24) is 10.2 Å². The van der Waals surface area contributed by atoms with Crippen molar-refractivity contribution in [1.29, 1.82) is 0 Å². The SMILES string of the molecule is O=C(N[C@H]1C2CN(Cc3ccc(O)c([N+](=O)[O-])c3)C[C@@H]21)C(O)(c1ccccc1)C1CCCC1. The average molecular weight is 452 g/mol. The van der Waals surface area contributed by atoms with E-state index in [2.05, 4.69) is 10.2 Å². The van der Waals surface area contributed by atoms with Crippen molar-refractivity contribution >= 4 is 11.6 Å². The average Bonchev–Trinajstić information content (AvgIpc) is 3.23. The summed E-state index contributed by atoms with van der Waals surface area (Å²) in [5.41, 5.74) is -0.342. The lowest BCUT2D eigenvalue weighted by Gasteiger charge is -2.33. The fourth-order valence-electron chi connectivity index (χ4n) is 5.88. The Balaban J connectivity index is 1.22. The Bertz CT molecular complexity index is 1040. The highest BCUT2D eigenvalue weighted by Crippen LogP contribution is 2.47. The minimum atomic E-state index is -1.50. The topological polar surface area (TPSA) is 116 Å². The van der Waals surface area contributed by atoms with Crippen LogP contribution in [-0.2, 0) is 16.9 Å². The van der Waals surface area contributed by atoms with Gasteiger partial charge in [-0.15, -0.1) is 0 Å². The third-order valence-electron chi connectivity index (χ3n) is 7.72. The van der Waals surface area contributed by atoms with Crippen LogP contribution in [0.3, 0.4) is 0 Å². The molecule has 0 radical (unpaired) electrons. The smallest absolute Gasteiger partial charge is 0.311 e. The molecular weight excluding hydrogens is 422 g/mol. The lowest BCUT2D eigenvalue weighted by molar-refractivity contribution is -0.385. The fraction of sp³-hybridized carbons (Fsp3) is 0.480. The highest BCUT2D eigenvalue weighted by molar-refractivity contribution is 5.87. The van der Waals surface area contributed by atoms with Crippen LogP contribution in [0.25, 0.3) is 0 Å². The van der Waals surface area contributed by atoms with Gasteiger partial charge in [-0.2, -0.15) is 0 Å². The van der Waals surface area contributed by atoms with E-state index in [1.165, 1.54) is 12.1 Å². The number of likely N-dealkylation sites (tertiary alicyclic amines) is 1. The second kappa shape index (κ2) is 8.43. The van der Waals surface area contributed by atoms with E-state index in [-0.39, 0.29) is 29.3 Å². The first-order chi connectivity index (χ1) is 15.9. The molecule has 3 fully saturated rings. The zero-order chi connectivity index (χ0) is 23.2. The first-order valence-electron chi connectivity index (χ1n) is 11.7. The molecule has 1 saturated heterocycles. The van der Waals surface area contributed by atoms with Crippen molar-refractivity contribution < 1.29 is 19.9 Å². The predicted molar refractivity (Wildman–Crippen MR) is 121 cm³/mol. The summed E-state index contributed by atoms with van der Waals surface area (Å²) in [6, 6.07) is 13.8. The van der Waals surface area contributed by atoms with E-state index < -0.39 is 10.5 Å². The molecule has 1 amide bonds. The van der Waals surface area contributed by atoms with Gasteiger partial charge in [0.2, 0.25) is 0 Å². The Morgan fingerprint density at radius 3 is 2.42 bits per heavy atom. The second-order valence-corrected chi connectivity index (χ2v) is 9.72. The van der Waals surface area contributed by atoms with Crippen LogP contribution in [0.2, 0.25) is 0 Å². The van der Waals surface area contributed by atoms with Gasteiger partial charge in [0.25, 0.3) is 5.91 Å². The number of rotatable bonds is 7. The molecule has 8 nitrogen and oxygen atoms in total. The Morgan fingerprint density at radius 1 is 1.12 bits per heavy atom. The highest BCUT2D eigenvalue weighted by atomic mass is 16.6. The number of piperidine rings is 1. The van der Waals surface area contributed by atoms with Crippen LogP contribution in [-0.4, -0.2) is 45.1 Å². The Labute approximate surface area is 192 Å². The number of benzene rings is 2. The number of carbonyl (C=O) groups excluding carboxylic acids is 1. The van der Waals surface area contributed by atoms with E-state index >= 15 is 0 Å². The second-order valence-electron chi connectivity index (χ2n) is 9.72. The maximum Gasteiger partial charge on any atom is 0.311 e. The van der Waals surface area contributed by atoms with Gasteiger partial charge in [-0.3, -0.25) is 19.8 Å². The number of amides is 1. The van der Waals surface area contributed by atoms with Crippen LogP contribution < -0.4 is 5.32 Å². The molecule has 3 aliphatic rings. The number of hydrogen-bond acceptors (Lipinski definition) is 6. The standard InChI is InChI=1S/C25H29N3O5/c29-22-11-10-16(12-21(22)28(32)33)13-27-14-19-20(15-27)23(19)26-24(30)25(31,18-8-4-5-9-18)17-6-2-1-3-7-17/h1-3,6-7,10-12,18-20,23,29,31H,4-5,8-9,13-15H2,(H,26,30)/t19-,20?,23+,25?/m0/s1. The quantitative estimate of drug-likeness (QED) is 0.440. The monoisotopic (exact) mass is 451 g/mol. The summed E-state index contributed by atoms with van der Waals surface area (Å²) in [5.74, 6) is -0.0424. The van der Waals surface area contributed by atoms with Gasteiger partial charge in [-0.1, -0.05) is 49.2 Å². The number of aromatic hydroxyl groups is 1. The number of aliphatic hydroxyl groups is 1. The predicted octanol–water partition coefficient (Wildman–Crippen LogP) is 2.92. The molecule has 0 bridgehead atoms. The molecule has 5 rings (SSSR count). The summed E-state index contributed by atoms with van der Waals surface area (Å²) in [6.07, 6.45) is 3.77. The largest absolute Gasteiger partial charge is 0.502 e. The van der Waals surface area contributed by atoms with Crippen molar-refractivity contribution in [3.05, 3.63) is 69.8 Å². The molecule has 1 aliphatic heterocycles. The lowest BCUT2D eigenvalue weighted by atomic mass is 9.79. The first kappa shape index (κ1) is 21.9. The van der Waals surface area contributed by atoms with Gasteiger partial charge in [-0.25, -0.2) is 0 Å². The first-order valence-corrected chi connectivity index (χ1v) is 11.7. The van der Waals surface area contributed by atoms with Gasteiger partial charge in [-0.05, 0) is 41.9 Å². The molecular formula is C25H29N3O5. The number of phenolic OH excluding ortho intramolecular Hbond substituents is 1. The Morgan fingerprint density at radius 2 is 1.79 bits per heavy atom. The summed E-state index contributed by atoms with van der Waals surface area (Å²) in [5, 5.41) is 35.5. The van der Waals surface area contributed by atoms with E-state index in [1.807, 2.05) is 30.3 Å². The van der Waals surface area contributed by atoms with E-state index in [4.69, 9.17) is 0 Å². The van der Waals surface area contributed by atoms with Crippen molar-refractivity contribution in [3.8, 4) is 5.75 Å². The molecule has 2 aromatic rings. The number of hydrogen-bond donors (Lipinski definition) is 3. The summed E-state index contributed by atoms with van der Waals surface area (Å²) in [4.78, 5) is 26.1. The van der Waals surface area contributed by atoms with Crippen LogP contribution in [0.4, 0.5) is 5.69 Å². The summed E-state index contributed by atoms with van der Waals surface area (Å²) in [6.45, 7) is 2.14. The summed E-state index contributed by atoms with van der Waals surface area (Å²) >= 11 is 0. The number of nitro benzene ring substituents is 1. The normalized spacial score (nSPS) is 26.5. The summed E-state index contributed by atoms with van der Waals surface area (Å²) in [7, 11) is 0.